The van der Waals surface area contributed by atoms with E-state index >= 15 is 0 Å². The van der Waals surface area contributed by atoms with Crippen LogP contribution >= 0.6 is 11.8 Å². The van der Waals surface area contributed by atoms with Crippen LogP contribution in [0, 0.1) is 11.8 Å². The Morgan fingerprint density at radius 1 is 1.36 bits per heavy atom. The summed E-state index contributed by atoms with van der Waals surface area (Å²) in [5, 5.41) is 10.3. The molecule has 7 heteroatoms. The van der Waals surface area contributed by atoms with Crippen molar-refractivity contribution in [3.8, 4) is 0 Å². The molecule has 1 aromatic heterocycles. The molecule has 1 heterocycles. The molecule has 1 amide bonds. The first-order valence-corrected chi connectivity index (χ1v) is 9.14. The van der Waals surface area contributed by atoms with E-state index in [9.17, 15) is 9.59 Å². The molecule has 3 atom stereocenters. The zero-order valence-corrected chi connectivity index (χ0v) is 14.0. The molecule has 0 saturated heterocycles. The molecule has 2 N–H and O–H groups in total. The quantitative estimate of drug-likeness (QED) is 0.811. The summed E-state index contributed by atoms with van der Waals surface area (Å²) in [7, 11) is 0. The fourth-order valence-electron chi connectivity index (χ4n) is 3.21. The number of amides is 1. The number of aromatic amines is 1. The zero-order chi connectivity index (χ0) is 15.7. The molecule has 122 valence electrons. The SMILES string of the molecule is CC1CCCC(NC(=O)CSc2n[nH]c(=O)n2C2CC2)C1C. The van der Waals surface area contributed by atoms with Gasteiger partial charge in [-0.15, -0.1) is 5.10 Å². The highest BCUT2D eigenvalue weighted by Gasteiger charge is 2.30. The van der Waals surface area contributed by atoms with E-state index in [1.54, 1.807) is 4.57 Å². The van der Waals surface area contributed by atoms with Crippen molar-refractivity contribution in [3.63, 3.8) is 0 Å². The van der Waals surface area contributed by atoms with Gasteiger partial charge in [-0.25, -0.2) is 9.89 Å². The Labute approximate surface area is 134 Å². The summed E-state index contributed by atoms with van der Waals surface area (Å²) < 4.78 is 1.68. The van der Waals surface area contributed by atoms with Gasteiger partial charge < -0.3 is 5.32 Å². The first-order valence-electron chi connectivity index (χ1n) is 8.15. The van der Waals surface area contributed by atoms with Gasteiger partial charge in [0.25, 0.3) is 0 Å². The van der Waals surface area contributed by atoms with E-state index in [0.29, 0.717) is 22.7 Å². The highest BCUT2D eigenvalue weighted by Crippen LogP contribution is 2.36. The van der Waals surface area contributed by atoms with E-state index in [1.807, 2.05) is 0 Å². The van der Waals surface area contributed by atoms with Gasteiger partial charge in [0.05, 0.1) is 5.75 Å². The van der Waals surface area contributed by atoms with Crippen LogP contribution in [0.2, 0.25) is 0 Å². The minimum atomic E-state index is -0.167. The first kappa shape index (κ1) is 15.6. The lowest BCUT2D eigenvalue weighted by molar-refractivity contribution is -0.120. The summed E-state index contributed by atoms with van der Waals surface area (Å²) in [6.07, 6.45) is 5.55. The molecule has 22 heavy (non-hydrogen) atoms. The fraction of sp³-hybridized carbons (Fsp3) is 0.800. The minimum absolute atomic E-state index is 0.0359. The number of carbonyl (C=O) groups excluding carboxylic acids is 1. The second kappa shape index (κ2) is 6.48. The van der Waals surface area contributed by atoms with Crippen molar-refractivity contribution in [1.29, 1.82) is 0 Å². The zero-order valence-electron chi connectivity index (χ0n) is 13.2. The minimum Gasteiger partial charge on any atom is -0.352 e. The number of nitrogens with zero attached hydrogens (tertiary/aromatic N) is 2. The fourth-order valence-corrected chi connectivity index (χ4v) is 4.04. The molecule has 0 spiro atoms. The monoisotopic (exact) mass is 324 g/mol. The van der Waals surface area contributed by atoms with E-state index in [-0.39, 0.29) is 23.7 Å². The smallest absolute Gasteiger partial charge is 0.344 e. The van der Waals surface area contributed by atoms with Crippen molar-refractivity contribution in [1.82, 2.24) is 20.1 Å². The third-order valence-electron chi connectivity index (χ3n) is 4.97. The first-order chi connectivity index (χ1) is 10.6. The maximum atomic E-state index is 12.2. The van der Waals surface area contributed by atoms with Gasteiger partial charge in [0.2, 0.25) is 5.91 Å². The molecule has 2 saturated carbocycles. The Kier molecular flexibility index (Phi) is 4.61. The second-order valence-corrected chi connectivity index (χ2v) is 7.58. The molecule has 6 nitrogen and oxygen atoms in total. The number of carbonyl (C=O) groups is 1. The van der Waals surface area contributed by atoms with Crippen molar-refractivity contribution >= 4 is 17.7 Å². The van der Waals surface area contributed by atoms with E-state index in [1.165, 1.54) is 24.6 Å². The van der Waals surface area contributed by atoms with Gasteiger partial charge in [-0.1, -0.05) is 38.5 Å². The number of nitrogens with one attached hydrogen (secondary N) is 2. The Balaban J connectivity index is 1.53. The maximum Gasteiger partial charge on any atom is 0.344 e. The molecule has 3 rings (SSSR count). The number of H-pyrrole nitrogens is 1. The average Bonchev–Trinajstić information content (AvgIpc) is 3.25. The van der Waals surface area contributed by atoms with Crippen molar-refractivity contribution in [2.24, 2.45) is 11.8 Å². The Morgan fingerprint density at radius 2 is 2.14 bits per heavy atom. The van der Waals surface area contributed by atoms with E-state index in [2.05, 4.69) is 29.4 Å². The molecule has 0 aromatic carbocycles. The molecular weight excluding hydrogens is 300 g/mol. The van der Waals surface area contributed by atoms with Gasteiger partial charge in [-0.05, 0) is 31.1 Å². The van der Waals surface area contributed by atoms with Gasteiger partial charge in [0, 0.05) is 12.1 Å². The van der Waals surface area contributed by atoms with Gasteiger partial charge >= 0.3 is 5.69 Å². The van der Waals surface area contributed by atoms with Crippen LogP contribution in [0.25, 0.3) is 0 Å². The van der Waals surface area contributed by atoms with Crippen LogP contribution in [0.3, 0.4) is 0 Å². The van der Waals surface area contributed by atoms with Crippen LogP contribution in [-0.2, 0) is 4.79 Å². The molecule has 0 aliphatic heterocycles. The van der Waals surface area contributed by atoms with Gasteiger partial charge in [-0.2, -0.15) is 0 Å². The van der Waals surface area contributed by atoms with Crippen LogP contribution in [-0.4, -0.2) is 32.5 Å². The van der Waals surface area contributed by atoms with Gasteiger partial charge in [0.15, 0.2) is 5.16 Å². The molecular formula is C15H24N4O2S. The third-order valence-corrected chi connectivity index (χ3v) is 5.92. The largest absolute Gasteiger partial charge is 0.352 e. The Morgan fingerprint density at radius 3 is 2.86 bits per heavy atom. The van der Waals surface area contributed by atoms with Crippen molar-refractivity contribution in [3.05, 3.63) is 10.5 Å². The standard InChI is InChI=1S/C15H24N4O2S/c1-9-4-3-5-12(10(9)2)16-13(20)8-22-15-18-17-14(21)19(15)11-6-7-11/h9-12H,3-8H2,1-2H3,(H,16,20)(H,17,21). The maximum absolute atomic E-state index is 12.2. The lowest BCUT2D eigenvalue weighted by atomic mass is 9.78. The highest BCUT2D eigenvalue weighted by atomic mass is 32.2. The summed E-state index contributed by atoms with van der Waals surface area (Å²) in [5.41, 5.74) is -0.167. The van der Waals surface area contributed by atoms with Crippen molar-refractivity contribution in [2.45, 2.75) is 63.2 Å². The molecule has 2 aliphatic carbocycles. The van der Waals surface area contributed by atoms with Gasteiger partial charge in [0.1, 0.15) is 0 Å². The number of rotatable bonds is 5. The topological polar surface area (TPSA) is 79.8 Å². The number of hydrogen-bond acceptors (Lipinski definition) is 4. The molecule has 2 aliphatic rings. The van der Waals surface area contributed by atoms with E-state index in [0.717, 1.165) is 19.3 Å². The van der Waals surface area contributed by atoms with Crippen LogP contribution in [0.15, 0.2) is 9.95 Å². The van der Waals surface area contributed by atoms with Crippen LogP contribution in [0.4, 0.5) is 0 Å². The second-order valence-electron chi connectivity index (χ2n) is 6.64. The summed E-state index contributed by atoms with van der Waals surface area (Å²) in [4.78, 5) is 23.9. The molecule has 1 aromatic rings. The van der Waals surface area contributed by atoms with E-state index in [4.69, 9.17) is 0 Å². The van der Waals surface area contributed by atoms with Crippen molar-refractivity contribution < 1.29 is 4.79 Å². The lowest BCUT2D eigenvalue weighted by Gasteiger charge is -2.34. The predicted octanol–water partition coefficient (Wildman–Crippen LogP) is 1.94. The summed E-state index contributed by atoms with van der Waals surface area (Å²) >= 11 is 1.34. The molecule has 3 unspecified atom stereocenters. The lowest BCUT2D eigenvalue weighted by Crippen LogP contribution is -2.44. The van der Waals surface area contributed by atoms with Crippen molar-refractivity contribution in [2.75, 3.05) is 5.75 Å². The summed E-state index contributed by atoms with van der Waals surface area (Å²) in [5.74, 6) is 1.54. The molecule has 0 bridgehead atoms. The van der Waals surface area contributed by atoms with Crippen LogP contribution in [0.1, 0.15) is 52.0 Å². The van der Waals surface area contributed by atoms with E-state index < -0.39 is 0 Å². The number of thioether (sulfide) groups is 1. The van der Waals surface area contributed by atoms with Gasteiger partial charge in [-0.3, -0.25) is 9.36 Å². The summed E-state index contributed by atoms with van der Waals surface area (Å²) in [6, 6.07) is 0.553. The average molecular weight is 324 g/mol. The number of aromatic nitrogens is 3. The number of hydrogen-bond donors (Lipinski definition) is 2. The molecule has 2 fully saturated rings. The predicted molar refractivity (Wildman–Crippen MR) is 86.0 cm³/mol. The Hall–Kier alpha value is -1.24. The Bertz CT molecular complexity index is 593. The highest BCUT2D eigenvalue weighted by molar-refractivity contribution is 7.99. The van der Waals surface area contributed by atoms with Crippen LogP contribution < -0.4 is 11.0 Å². The molecule has 0 radical (unpaired) electrons. The third kappa shape index (κ3) is 3.39. The normalized spacial score (nSPS) is 28.5. The summed E-state index contributed by atoms with van der Waals surface area (Å²) in [6.45, 7) is 4.48. The van der Waals surface area contributed by atoms with Crippen LogP contribution in [0.5, 0.6) is 0 Å².